The van der Waals surface area contributed by atoms with Crippen molar-refractivity contribution in [3.8, 4) is 0 Å². The predicted octanol–water partition coefficient (Wildman–Crippen LogP) is 2.02. The first-order chi connectivity index (χ1) is 9.41. The van der Waals surface area contributed by atoms with E-state index in [0.29, 0.717) is 18.0 Å². The highest BCUT2D eigenvalue weighted by Crippen LogP contribution is 2.25. The van der Waals surface area contributed by atoms with Gasteiger partial charge in [0.1, 0.15) is 5.54 Å². The molecule has 0 aromatic heterocycles. The molecule has 2 rings (SSSR count). The number of urea groups is 1. The van der Waals surface area contributed by atoms with Gasteiger partial charge in [-0.1, -0.05) is 30.7 Å². The average Bonchev–Trinajstić information content (AvgIpc) is 2.65. The van der Waals surface area contributed by atoms with Gasteiger partial charge in [0.05, 0.1) is 6.54 Å². The molecule has 1 saturated heterocycles. The van der Waals surface area contributed by atoms with Crippen LogP contribution in [0.15, 0.2) is 18.2 Å². The molecule has 0 saturated carbocycles. The third-order valence-electron chi connectivity index (χ3n) is 3.73. The summed E-state index contributed by atoms with van der Waals surface area (Å²) in [5.74, 6) is -0.219. The zero-order valence-corrected chi connectivity index (χ0v) is 12.3. The molecule has 0 aliphatic carbocycles. The summed E-state index contributed by atoms with van der Waals surface area (Å²) in [4.78, 5) is 25.4. The molecule has 1 fully saturated rings. The Kier molecular flexibility index (Phi) is 4.01. The molecule has 0 radical (unpaired) electrons. The first kappa shape index (κ1) is 14.8. The number of rotatable bonds is 4. The van der Waals surface area contributed by atoms with E-state index >= 15 is 0 Å². The van der Waals surface area contributed by atoms with E-state index < -0.39 is 5.54 Å². The maximum atomic E-state index is 12.3. The molecular formula is C14H18ClN3O2. The van der Waals surface area contributed by atoms with E-state index in [1.54, 1.807) is 19.1 Å². The van der Waals surface area contributed by atoms with Gasteiger partial charge in [0.25, 0.3) is 5.91 Å². The number of halogens is 1. The molecule has 0 spiro atoms. The number of nitrogens with zero attached hydrogens (tertiary/aromatic N) is 1. The molecule has 5 nitrogen and oxygen atoms in total. The van der Waals surface area contributed by atoms with Crippen LogP contribution in [0.1, 0.15) is 31.4 Å². The molecular weight excluding hydrogens is 278 g/mol. The molecule has 6 heteroatoms. The van der Waals surface area contributed by atoms with Crippen molar-refractivity contribution in [1.82, 2.24) is 10.2 Å². The van der Waals surface area contributed by atoms with Gasteiger partial charge in [0.15, 0.2) is 0 Å². The first-order valence-electron chi connectivity index (χ1n) is 6.52. The van der Waals surface area contributed by atoms with Crippen LogP contribution in [0, 0.1) is 0 Å². The minimum absolute atomic E-state index is 0.171. The van der Waals surface area contributed by atoms with Crippen LogP contribution in [0.3, 0.4) is 0 Å². The normalized spacial score (nSPS) is 22.3. The summed E-state index contributed by atoms with van der Waals surface area (Å²) < 4.78 is 0. The Morgan fingerprint density at radius 2 is 2.10 bits per heavy atom. The third kappa shape index (κ3) is 2.51. The highest BCUT2D eigenvalue weighted by atomic mass is 35.5. The van der Waals surface area contributed by atoms with Gasteiger partial charge in [-0.15, -0.1) is 0 Å². The van der Waals surface area contributed by atoms with E-state index in [1.807, 2.05) is 13.0 Å². The van der Waals surface area contributed by atoms with Crippen molar-refractivity contribution in [3.63, 3.8) is 0 Å². The Labute approximate surface area is 123 Å². The smallest absolute Gasteiger partial charge is 0.325 e. The van der Waals surface area contributed by atoms with Crippen LogP contribution < -0.4 is 11.1 Å². The lowest BCUT2D eigenvalue weighted by Crippen LogP contribution is -2.43. The largest absolute Gasteiger partial charge is 0.326 e. The molecule has 1 aromatic carbocycles. The Bertz CT molecular complexity index is 561. The molecule has 1 aromatic rings. The molecule has 0 bridgehead atoms. The number of hydrogen-bond acceptors (Lipinski definition) is 3. The van der Waals surface area contributed by atoms with Crippen molar-refractivity contribution in [1.29, 1.82) is 0 Å². The Morgan fingerprint density at radius 1 is 1.40 bits per heavy atom. The predicted molar refractivity (Wildman–Crippen MR) is 77.1 cm³/mol. The summed E-state index contributed by atoms with van der Waals surface area (Å²) in [6.07, 6.45) is 0.550. The zero-order valence-electron chi connectivity index (χ0n) is 11.6. The Hall–Kier alpha value is -1.59. The van der Waals surface area contributed by atoms with E-state index in [-0.39, 0.29) is 18.5 Å². The molecule has 1 aliphatic rings. The molecule has 3 amide bonds. The molecule has 3 N–H and O–H groups in total. The average molecular weight is 296 g/mol. The standard InChI is InChI=1S/C14H18ClN3O2/c1-3-14(2)12(19)18(13(20)17-14)8-10-5-4-9(7-16)6-11(10)15/h4-6H,3,7-8,16H2,1-2H3,(H,17,20). The summed E-state index contributed by atoms with van der Waals surface area (Å²) in [6.45, 7) is 4.16. The van der Waals surface area contributed by atoms with E-state index in [4.69, 9.17) is 17.3 Å². The second-order valence-electron chi connectivity index (χ2n) is 5.14. The Balaban J connectivity index is 2.22. The molecule has 1 aliphatic heterocycles. The highest BCUT2D eigenvalue weighted by molar-refractivity contribution is 6.31. The SMILES string of the molecule is CCC1(C)NC(=O)N(Cc2ccc(CN)cc2Cl)C1=O. The summed E-state index contributed by atoms with van der Waals surface area (Å²) in [6, 6.07) is 5.03. The summed E-state index contributed by atoms with van der Waals surface area (Å²) in [5, 5.41) is 3.23. The number of benzene rings is 1. The van der Waals surface area contributed by atoms with Crippen LogP contribution in [0.5, 0.6) is 0 Å². The van der Waals surface area contributed by atoms with Crippen LogP contribution >= 0.6 is 11.6 Å². The van der Waals surface area contributed by atoms with E-state index in [9.17, 15) is 9.59 Å². The van der Waals surface area contributed by atoms with Crippen molar-refractivity contribution in [2.24, 2.45) is 5.73 Å². The van der Waals surface area contributed by atoms with Crippen molar-refractivity contribution < 1.29 is 9.59 Å². The van der Waals surface area contributed by atoms with Crippen molar-refractivity contribution in [2.75, 3.05) is 0 Å². The topological polar surface area (TPSA) is 75.4 Å². The summed E-state index contributed by atoms with van der Waals surface area (Å²) in [5.41, 5.74) is 6.36. The lowest BCUT2D eigenvalue weighted by Gasteiger charge is -2.19. The maximum absolute atomic E-state index is 12.3. The van der Waals surface area contributed by atoms with Gasteiger partial charge in [-0.3, -0.25) is 9.69 Å². The lowest BCUT2D eigenvalue weighted by molar-refractivity contribution is -0.131. The number of imide groups is 1. The lowest BCUT2D eigenvalue weighted by atomic mass is 9.99. The van der Waals surface area contributed by atoms with Crippen molar-refractivity contribution in [3.05, 3.63) is 34.3 Å². The Morgan fingerprint density at radius 3 is 2.60 bits per heavy atom. The fourth-order valence-electron chi connectivity index (χ4n) is 2.15. The van der Waals surface area contributed by atoms with Gasteiger partial charge in [-0.2, -0.15) is 0 Å². The fourth-order valence-corrected chi connectivity index (χ4v) is 2.41. The summed E-state index contributed by atoms with van der Waals surface area (Å²) >= 11 is 6.16. The molecule has 1 unspecified atom stereocenters. The second-order valence-corrected chi connectivity index (χ2v) is 5.54. The molecule has 108 valence electrons. The maximum Gasteiger partial charge on any atom is 0.325 e. The van der Waals surface area contributed by atoms with Crippen LogP contribution in [0.25, 0.3) is 0 Å². The zero-order chi connectivity index (χ0) is 14.9. The number of carbonyl (C=O) groups is 2. The van der Waals surface area contributed by atoms with Gasteiger partial charge in [0, 0.05) is 11.6 Å². The monoisotopic (exact) mass is 295 g/mol. The van der Waals surface area contributed by atoms with Gasteiger partial charge < -0.3 is 11.1 Å². The van der Waals surface area contributed by atoms with E-state index in [2.05, 4.69) is 5.32 Å². The van der Waals surface area contributed by atoms with Gasteiger partial charge in [-0.05, 0) is 30.5 Å². The quantitative estimate of drug-likeness (QED) is 0.835. The van der Waals surface area contributed by atoms with Crippen LogP contribution in [-0.2, 0) is 17.9 Å². The van der Waals surface area contributed by atoms with Crippen molar-refractivity contribution in [2.45, 2.75) is 38.9 Å². The highest BCUT2D eigenvalue weighted by Gasteiger charge is 2.46. The van der Waals surface area contributed by atoms with Crippen LogP contribution in [0.2, 0.25) is 5.02 Å². The first-order valence-corrected chi connectivity index (χ1v) is 6.90. The number of amides is 3. The van der Waals surface area contributed by atoms with E-state index in [1.165, 1.54) is 4.90 Å². The van der Waals surface area contributed by atoms with Crippen molar-refractivity contribution >= 4 is 23.5 Å². The fraction of sp³-hybridized carbons (Fsp3) is 0.429. The molecule has 1 atom stereocenters. The minimum atomic E-state index is -0.819. The molecule has 20 heavy (non-hydrogen) atoms. The van der Waals surface area contributed by atoms with Gasteiger partial charge in [0.2, 0.25) is 0 Å². The number of nitrogens with two attached hydrogens (primary N) is 1. The van der Waals surface area contributed by atoms with E-state index in [0.717, 1.165) is 11.1 Å². The minimum Gasteiger partial charge on any atom is -0.326 e. The second kappa shape index (κ2) is 5.42. The summed E-state index contributed by atoms with van der Waals surface area (Å²) in [7, 11) is 0. The van der Waals surface area contributed by atoms with Crippen LogP contribution in [-0.4, -0.2) is 22.4 Å². The van der Waals surface area contributed by atoms with Gasteiger partial charge in [-0.25, -0.2) is 4.79 Å². The number of hydrogen-bond donors (Lipinski definition) is 2. The number of nitrogens with one attached hydrogen (secondary N) is 1. The van der Waals surface area contributed by atoms with Gasteiger partial charge >= 0.3 is 6.03 Å². The third-order valence-corrected chi connectivity index (χ3v) is 4.09. The van der Waals surface area contributed by atoms with Crippen LogP contribution in [0.4, 0.5) is 4.79 Å². The number of carbonyl (C=O) groups excluding carboxylic acids is 2. The molecule has 1 heterocycles.